The lowest BCUT2D eigenvalue weighted by Gasteiger charge is -2.53. The molecule has 1 atom stereocenters. The highest BCUT2D eigenvalue weighted by Crippen LogP contribution is 2.55. The van der Waals surface area contributed by atoms with E-state index in [0.717, 1.165) is 56.9 Å². The molecule has 0 radical (unpaired) electrons. The van der Waals surface area contributed by atoms with E-state index in [1.807, 2.05) is 0 Å². The van der Waals surface area contributed by atoms with Crippen molar-refractivity contribution in [2.75, 3.05) is 26.4 Å². The summed E-state index contributed by atoms with van der Waals surface area (Å²) in [5.41, 5.74) is 3.07. The number of hydrogen-bond acceptors (Lipinski definition) is 6. The van der Waals surface area contributed by atoms with Crippen LogP contribution in [0.25, 0.3) is 0 Å². The maximum Gasteiger partial charge on any atom is 0.269 e. The number of halogens is 2. The van der Waals surface area contributed by atoms with Crippen molar-refractivity contribution in [2.45, 2.75) is 70.2 Å². The number of fused-ring (bicyclic) bond motifs is 3. The fraction of sp³-hybridized carbons (Fsp3) is 0.552. The highest BCUT2D eigenvalue weighted by molar-refractivity contribution is 5.76. The minimum atomic E-state index is -0.570. The minimum Gasteiger partial charge on any atom is -0.457 e. The first kappa shape index (κ1) is 27.0. The summed E-state index contributed by atoms with van der Waals surface area (Å²) in [7, 11) is 0. The quantitative estimate of drug-likeness (QED) is 0.307. The number of hydroxylamine groups is 1. The van der Waals surface area contributed by atoms with Gasteiger partial charge in [0.25, 0.3) is 5.91 Å². The van der Waals surface area contributed by atoms with Crippen LogP contribution in [0.2, 0.25) is 0 Å². The van der Waals surface area contributed by atoms with Crippen LogP contribution in [0, 0.1) is 24.0 Å². The molecule has 1 amide bonds. The summed E-state index contributed by atoms with van der Waals surface area (Å²) in [6, 6.07) is 9.19. The van der Waals surface area contributed by atoms with E-state index < -0.39 is 11.4 Å². The monoisotopic (exact) mass is 531 g/mol. The average molecular weight is 532 g/mol. The van der Waals surface area contributed by atoms with Crippen LogP contribution >= 0.6 is 0 Å². The summed E-state index contributed by atoms with van der Waals surface area (Å²) < 4.78 is 51.7. The second-order valence-corrected chi connectivity index (χ2v) is 10.7. The van der Waals surface area contributed by atoms with E-state index in [9.17, 15) is 13.6 Å². The predicted octanol–water partition coefficient (Wildman–Crippen LogP) is 5.83. The third-order valence-corrected chi connectivity index (χ3v) is 8.00. The number of carbonyl (C=O) groups excluding carboxylic acids is 1. The van der Waals surface area contributed by atoms with Crippen LogP contribution in [0.3, 0.4) is 0 Å². The minimum absolute atomic E-state index is 0.0171. The van der Waals surface area contributed by atoms with Gasteiger partial charge in [-0.15, -0.1) is 0 Å². The molecule has 206 valence electrons. The molecule has 2 aromatic rings. The molecule has 2 aromatic carbocycles. The third-order valence-electron chi connectivity index (χ3n) is 8.00. The Kier molecular flexibility index (Phi) is 8.28. The Balaban J connectivity index is 1.11. The van der Waals surface area contributed by atoms with E-state index in [4.69, 9.17) is 23.8 Å². The van der Waals surface area contributed by atoms with Gasteiger partial charge in [0, 0.05) is 31.8 Å². The van der Waals surface area contributed by atoms with Crippen molar-refractivity contribution < 1.29 is 37.4 Å². The van der Waals surface area contributed by atoms with Gasteiger partial charge in [-0.3, -0.25) is 4.79 Å². The van der Waals surface area contributed by atoms with Crippen LogP contribution in [0.1, 0.15) is 62.5 Å². The molecule has 1 N–H and O–H groups in total. The van der Waals surface area contributed by atoms with Gasteiger partial charge in [0.05, 0.1) is 12.2 Å². The van der Waals surface area contributed by atoms with Gasteiger partial charge in [0.15, 0.2) is 6.29 Å². The number of ether oxygens (including phenoxy) is 4. The molecule has 6 rings (SSSR count). The van der Waals surface area contributed by atoms with Crippen LogP contribution < -0.4 is 10.2 Å². The van der Waals surface area contributed by atoms with Gasteiger partial charge < -0.3 is 18.9 Å². The second kappa shape index (κ2) is 11.7. The van der Waals surface area contributed by atoms with E-state index in [0.29, 0.717) is 36.9 Å². The SMILES string of the molecule is Cc1ccc(Oc2cc(F)cc(C34CCC(CCOCC(=O)NOC5CCCCO5)(CC3)CO4)c2)cc1F. The molecule has 38 heavy (non-hydrogen) atoms. The molecule has 3 aliphatic heterocycles. The fourth-order valence-electron chi connectivity index (χ4n) is 5.53. The van der Waals surface area contributed by atoms with Gasteiger partial charge >= 0.3 is 0 Å². The lowest BCUT2D eigenvalue weighted by molar-refractivity contribution is -0.203. The van der Waals surface area contributed by atoms with E-state index in [2.05, 4.69) is 5.48 Å². The number of rotatable bonds is 10. The van der Waals surface area contributed by atoms with E-state index in [1.165, 1.54) is 18.2 Å². The smallest absolute Gasteiger partial charge is 0.269 e. The summed E-state index contributed by atoms with van der Waals surface area (Å²) in [4.78, 5) is 17.3. The third kappa shape index (κ3) is 6.34. The molecule has 3 saturated heterocycles. The highest BCUT2D eigenvalue weighted by Gasteiger charge is 2.50. The first-order valence-corrected chi connectivity index (χ1v) is 13.4. The van der Waals surface area contributed by atoms with Crippen LogP contribution in [0.5, 0.6) is 11.5 Å². The molecule has 1 saturated carbocycles. The normalized spacial score (nSPS) is 26.8. The Morgan fingerprint density at radius 1 is 1.08 bits per heavy atom. The lowest BCUT2D eigenvalue weighted by Crippen LogP contribution is -2.49. The van der Waals surface area contributed by atoms with Gasteiger partial charge in [-0.1, -0.05) is 6.07 Å². The largest absolute Gasteiger partial charge is 0.457 e. The van der Waals surface area contributed by atoms with Crippen molar-refractivity contribution in [1.29, 1.82) is 0 Å². The maximum atomic E-state index is 14.6. The molecular weight excluding hydrogens is 496 g/mol. The van der Waals surface area contributed by atoms with Crippen molar-refractivity contribution in [1.82, 2.24) is 5.48 Å². The van der Waals surface area contributed by atoms with Crippen LogP contribution in [-0.4, -0.2) is 38.6 Å². The molecule has 7 nitrogen and oxygen atoms in total. The van der Waals surface area contributed by atoms with Crippen molar-refractivity contribution >= 4 is 5.91 Å². The molecule has 0 aromatic heterocycles. The molecule has 4 fully saturated rings. The highest BCUT2D eigenvalue weighted by atomic mass is 19.1. The molecule has 4 aliphatic rings. The zero-order valence-corrected chi connectivity index (χ0v) is 21.7. The first-order chi connectivity index (χ1) is 18.3. The van der Waals surface area contributed by atoms with Gasteiger partial charge in [0.1, 0.15) is 29.7 Å². The van der Waals surface area contributed by atoms with Crippen molar-refractivity contribution in [3.63, 3.8) is 0 Å². The Hall–Kier alpha value is -2.59. The number of hydrogen-bond donors (Lipinski definition) is 1. The number of amides is 1. The Labute approximate surface area is 221 Å². The molecule has 1 unspecified atom stereocenters. The molecule has 3 heterocycles. The standard InChI is InChI=1S/C29H35F2NO6/c1-20-5-6-23(17-25(20)31)37-24-15-21(14-22(30)16-24)29-9-7-28(8-10-29,19-36-29)11-13-34-18-26(33)32-38-27-4-2-3-12-35-27/h5-6,14-17,27H,2-4,7-13,18-19H2,1H3,(H,32,33). The van der Waals surface area contributed by atoms with E-state index >= 15 is 0 Å². The van der Waals surface area contributed by atoms with E-state index in [1.54, 1.807) is 25.1 Å². The topological polar surface area (TPSA) is 75.3 Å². The van der Waals surface area contributed by atoms with Gasteiger partial charge in [-0.25, -0.2) is 19.1 Å². The Morgan fingerprint density at radius 3 is 2.63 bits per heavy atom. The number of aryl methyl sites for hydroxylation is 1. The van der Waals surface area contributed by atoms with Gasteiger partial charge in [0.2, 0.25) is 0 Å². The van der Waals surface area contributed by atoms with E-state index in [-0.39, 0.29) is 30.0 Å². The van der Waals surface area contributed by atoms with Crippen molar-refractivity contribution in [2.24, 2.45) is 5.41 Å². The summed E-state index contributed by atoms with van der Waals surface area (Å²) >= 11 is 0. The molecular formula is C29H35F2NO6. The Bertz CT molecular complexity index is 1110. The predicted molar refractivity (Wildman–Crippen MR) is 134 cm³/mol. The molecule has 9 heteroatoms. The number of carbonyl (C=O) groups is 1. The first-order valence-electron chi connectivity index (χ1n) is 13.4. The van der Waals surface area contributed by atoms with Crippen molar-refractivity contribution in [3.8, 4) is 11.5 Å². The average Bonchev–Trinajstić information content (AvgIpc) is 2.93. The zero-order chi connectivity index (χ0) is 26.6. The van der Waals surface area contributed by atoms with Crippen LogP contribution in [0.4, 0.5) is 8.78 Å². The fourth-order valence-corrected chi connectivity index (χ4v) is 5.53. The summed E-state index contributed by atoms with van der Waals surface area (Å²) in [6.45, 7) is 3.22. The van der Waals surface area contributed by atoms with Crippen LogP contribution in [-0.2, 0) is 29.4 Å². The molecule has 0 spiro atoms. The number of nitrogens with one attached hydrogen (secondary N) is 1. The van der Waals surface area contributed by atoms with Crippen LogP contribution in [0.15, 0.2) is 36.4 Å². The van der Waals surface area contributed by atoms with Gasteiger partial charge in [-0.05, 0) is 86.6 Å². The lowest BCUT2D eigenvalue weighted by atomic mass is 9.63. The second-order valence-electron chi connectivity index (χ2n) is 10.7. The molecule has 2 bridgehead atoms. The maximum absolute atomic E-state index is 14.6. The Morgan fingerprint density at radius 2 is 1.92 bits per heavy atom. The zero-order valence-electron chi connectivity index (χ0n) is 21.7. The molecule has 1 aliphatic carbocycles. The summed E-state index contributed by atoms with van der Waals surface area (Å²) in [5, 5.41) is 0. The van der Waals surface area contributed by atoms with Crippen molar-refractivity contribution in [3.05, 3.63) is 59.2 Å². The summed E-state index contributed by atoms with van der Waals surface area (Å²) in [5.74, 6) is -0.497. The number of benzene rings is 2. The summed E-state index contributed by atoms with van der Waals surface area (Å²) in [6.07, 6.45) is 6.53. The van der Waals surface area contributed by atoms with Gasteiger partial charge in [-0.2, -0.15) is 0 Å².